The number of rotatable bonds is 6. The van der Waals surface area contributed by atoms with Crippen molar-refractivity contribution in [2.75, 3.05) is 38.6 Å². The number of hydrogen-bond acceptors (Lipinski definition) is 4. The molecule has 0 unspecified atom stereocenters. The van der Waals surface area contributed by atoms with Crippen LogP contribution < -0.4 is 10.3 Å². The lowest BCUT2D eigenvalue weighted by atomic mass is 9.96. The maximum atomic E-state index is 11.8. The second kappa shape index (κ2) is 5.74. The Morgan fingerprint density at radius 2 is 1.82 bits per heavy atom. The highest BCUT2D eigenvalue weighted by atomic mass is 32.1. The molecule has 0 saturated carbocycles. The van der Waals surface area contributed by atoms with Gasteiger partial charge in [-0.3, -0.25) is 4.79 Å². The molecular weight excluding hydrogens is 232 g/mol. The number of nitrogens with zero attached hydrogens (tertiary/aromatic N) is 2. The van der Waals surface area contributed by atoms with Gasteiger partial charge >= 0.3 is 0 Å². The first-order valence-corrected chi connectivity index (χ1v) is 6.53. The molecule has 0 aliphatic heterocycles. The van der Waals surface area contributed by atoms with E-state index in [1.807, 2.05) is 11.9 Å². The summed E-state index contributed by atoms with van der Waals surface area (Å²) in [4.78, 5) is 16.0. The molecule has 0 N–H and O–H groups in total. The summed E-state index contributed by atoms with van der Waals surface area (Å²) in [5, 5.41) is 0. The van der Waals surface area contributed by atoms with E-state index in [2.05, 4.69) is 32.7 Å². The molecule has 0 fully saturated rings. The number of anilines is 1. The zero-order valence-corrected chi connectivity index (χ0v) is 12.2. The average Bonchev–Trinajstić information content (AvgIpc) is 2.30. The smallest absolute Gasteiger partial charge is 0.220 e. The lowest BCUT2D eigenvalue weighted by Gasteiger charge is -2.27. The van der Waals surface area contributed by atoms with Gasteiger partial charge in [-0.25, -0.2) is 0 Å². The van der Waals surface area contributed by atoms with Crippen LogP contribution in [0.4, 0.5) is 5.69 Å². The minimum absolute atomic E-state index is 0.0466. The lowest BCUT2D eigenvalue weighted by molar-refractivity contribution is 0.360. The molecule has 0 bridgehead atoms. The molecule has 0 aliphatic carbocycles. The third kappa shape index (κ3) is 2.93. The van der Waals surface area contributed by atoms with Gasteiger partial charge in [0.2, 0.25) is 5.43 Å². The molecule has 0 saturated heterocycles. The zero-order chi connectivity index (χ0) is 13.2. The Hall–Kier alpha value is -0.740. The molecule has 1 aromatic rings. The van der Waals surface area contributed by atoms with E-state index in [0.717, 1.165) is 30.9 Å². The van der Waals surface area contributed by atoms with Gasteiger partial charge in [0.15, 0.2) is 0 Å². The topological polar surface area (TPSA) is 23.6 Å². The van der Waals surface area contributed by atoms with Crippen LogP contribution in [0.3, 0.4) is 0 Å². The predicted molar refractivity (Wildman–Crippen MR) is 76.4 cm³/mol. The van der Waals surface area contributed by atoms with Crippen LogP contribution in [0.25, 0.3) is 0 Å². The van der Waals surface area contributed by atoms with Crippen molar-refractivity contribution in [3.05, 3.63) is 20.3 Å². The van der Waals surface area contributed by atoms with Crippen molar-refractivity contribution in [2.45, 2.75) is 26.7 Å². The van der Waals surface area contributed by atoms with Crippen LogP contribution in [0.5, 0.6) is 0 Å². The highest BCUT2D eigenvalue weighted by Crippen LogP contribution is 2.27. The fourth-order valence-corrected chi connectivity index (χ4v) is 2.33. The normalized spacial score (nSPS) is 11.7. The maximum Gasteiger partial charge on any atom is 0.220 e. The van der Waals surface area contributed by atoms with Gasteiger partial charge in [-0.2, -0.15) is 0 Å². The summed E-state index contributed by atoms with van der Waals surface area (Å²) in [6.45, 7) is 9.14. The quantitative estimate of drug-likeness (QED) is 0.726. The molecular formula is C13H22N2OS. The number of likely N-dealkylation sites (N-methyl/N-ethyl adjacent to an activating group) is 2. The van der Waals surface area contributed by atoms with Gasteiger partial charge in [-0.05, 0) is 19.5 Å². The van der Waals surface area contributed by atoms with Crippen LogP contribution in [0.1, 0.15) is 32.3 Å². The molecule has 1 aromatic carbocycles. The molecule has 0 aliphatic rings. The summed E-state index contributed by atoms with van der Waals surface area (Å²) in [5.41, 5.74) is 1.94. The summed E-state index contributed by atoms with van der Waals surface area (Å²) in [5.74, 6) is 0.335. The second-order valence-corrected chi connectivity index (χ2v) is 5.30. The van der Waals surface area contributed by atoms with Gasteiger partial charge in [0, 0.05) is 25.7 Å². The predicted octanol–water partition coefficient (Wildman–Crippen LogP) is 2.16. The van der Waals surface area contributed by atoms with E-state index in [9.17, 15) is 4.79 Å². The van der Waals surface area contributed by atoms with E-state index < -0.39 is 0 Å². The third-order valence-corrected chi connectivity index (χ3v) is 3.64. The Morgan fingerprint density at radius 1 is 1.24 bits per heavy atom. The van der Waals surface area contributed by atoms with Crippen molar-refractivity contribution in [3.8, 4) is 0 Å². The first-order chi connectivity index (χ1) is 7.90. The second-order valence-electron chi connectivity index (χ2n) is 4.89. The Balaban J connectivity index is 2.77. The van der Waals surface area contributed by atoms with Crippen molar-refractivity contribution in [3.63, 3.8) is 0 Å². The molecule has 96 valence electrons. The van der Waals surface area contributed by atoms with Crippen LogP contribution in [0, 0.1) is 4.51 Å². The molecule has 3 nitrogen and oxygen atoms in total. The summed E-state index contributed by atoms with van der Waals surface area (Å²) < 4.78 is 0.533. The van der Waals surface area contributed by atoms with Gasteiger partial charge in [0.05, 0.1) is 10.2 Å². The van der Waals surface area contributed by atoms with Crippen molar-refractivity contribution < 1.29 is 0 Å². The Kier molecular flexibility index (Phi) is 4.83. The molecule has 0 heterocycles. The monoisotopic (exact) mass is 254 g/mol. The Morgan fingerprint density at radius 3 is 2.29 bits per heavy atom. The zero-order valence-electron chi connectivity index (χ0n) is 11.4. The highest BCUT2D eigenvalue weighted by molar-refractivity contribution is 7.71. The van der Waals surface area contributed by atoms with Crippen molar-refractivity contribution in [1.82, 2.24) is 4.90 Å². The van der Waals surface area contributed by atoms with Crippen LogP contribution in [0.15, 0.2) is 4.79 Å². The van der Waals surface area contributed by atoms with Gasteiger partial charge in [-0.15, -0.1) is 0 Å². The van der Waals surface area contributed by atoms with E-state index in [1.54, 1.807) is 0 Å². The molecule has 1 rings (SSSR count). The van der Waals surface area contributed by atoms with Gasteiger partial charge in [0.25, 0.3) is 0 Å². The minimum atomic E-state index is 0.0466. The Labute approximate surface area is 109 Å². The molecule has 0 spiro atoms. The Bertz CT molecular complexity index is 446. The summed E-state index contributed by atoms with van der Waals surface area (Å²) >= 11 is 5.11. The SMILES string of the molecule is CCN(C)CCN(C)c1c(C(C)C)c(=S)c1=O. The average molecular weight is 254 g/mol. The van der Waals surface area contributed by atoms with Crippen LogP contribution >= 0.6 is 12.2 Å². The van der Waals surface area contributed by atoms with Crippen LogP contribution in [-0.2, 0) is 0 Å². The fraction of sp³-hybridized carbons (Fsp3) is 0.692. The van der Waals surface area contributed by atoms with E-state index in [0.29, 0.717) is 10.4 Å². The molecule has 17 heavy (non-hydrogen) atoms. The molecule has 0 amide bonds. The van der Waals surface area contributed by atoms with Crippen LogP contribution in [0.2, 0.25) is 0 Å². The first kappa shape index (κ1) is 14.3. The molecule has 4 heteroatoms. The molecule has 0 aromatic heterocycles. The van der Waals surface area contributed by atoms with Gasteiger partial charge in [0.1, 0.15) is 0 Å². The van der Waals surface area contributed by atoms with Crippen molar-refractivity contribution in [1.29, 1.82) is 0 Å². The minimum Gasteiger partial charge on any atom is -0.370 e. The van der Waals surface area contributed by atoms with E-state index in [-0.39, 0.29) is 5.43 Å². The van der Waals surface area contributed by atoms with Crippen molar-refractivity contribution >= 4 is 17.9 Å². The van der Waals surface area contributed by atoms with E-state index in [1.165, 1.54) is 0 Å². The third-order valence-electron chi connectivity index (χ3n) is 3.24. The first-order valence-electron chi connectivity index (χ1n) is 6.13. The summed E-state index contributed by atoms with van der Waals surface area (Å²) in [6, 6.07) is 0. The van der Waals surface area contributed by atoms with Gasteiger partial charge < -0.3 is 9.80 Å². The van der Waals surface area contributed by atoms with E-state index >= 15 is 0 Å². The van der Waals surface area contributed by atoms with Crippen LogP contribution in [-0.4, -0.2) is 38.6 Å². The number of hydrogen-bond donors (Lipinski definition) is 0. The highest BCUT2D eigenvalue weighted by Gasteiger charge is 2.22. The lowest BCUT2D eigenvalue weighted by Crippen LogP contribution is -2.36. The maximum absolute atomic E-state index is 11.8. The van der Waals surface area contributed by atoms with Gasteiger partial charge in [-0.1, -0.05) is 33.0 Å². The molecule has 0 atom stereocenters. The fourth-order valence-electron chi connectivity index (χ4n) is 1.90. The van der Waals surface area contributed by atoms with Crippen molar-refractivity contribution in [2.24, 2.45) is 0 Å². The standard InChI is InChI=1S/C13H22N2OS/c1-6-14(4)7-8-15(5)11-10(9(2)3)13(17)12(11)16/h9H,6-8H2,1-5H3. The van der Waals surface area contributed by atoms with E-state index in [4.69, 9.17) is 12.2 Å². The largest absolute Gasteiger partial charge is 0.370 e. The molecule has 0 radical (unpaired) electrons. The summed E-state index contributed by atoms with van der Waals surface area (Å²) in [7, 11) is 4.06. The summed E-state index contributed by atoms with van der Waals surface area (Å²) in [6.07, 6.45) is 0.